The number of amides is 1. The van der Waals surface area contributed by atoms with Gasteiger partial charge in [0.15, 0.2) is 0 Å². The summed E-state index contributed by atoms with van der Waals surface area (Å²) in [6.45, 7) is 14.0. The van der Waals surface area contributed by atoms with Crippen LogP contribution in [0.5, 0.6) is 0 Å². The molecule has 1 aromatic heterocycles. The minimum Gasteiger partial charge on any atom is -0.372 e. The average molecular weight is 609 g/mol. The third-order valence-corrected chi connectivity index (χ3v) is 7.93. The highest BCUT2D eigenvalue weighted by Crippen LogP contribution is 2.39. The van der Waals surface area contributed by atoms with Gasteiger partial charge in [-0.2, -0.15) is 0 Å². The number of fused-ring (bicyclic) bond motifs is 1. The number of aromatic amines is 1. The molecule has 0 fully saturated rings. The molecular formula is C31H28Cl3N5O2. The topological polar surface area (TPSA) is 73.7 Å². The number of H-pyrrole nitrogens is 1. The molecule has 0 aliphatic carbocycles. The van der Waals surface area contributed by atoms with E-state index in [4.69, 9.17) is 39.8 Å². The lowest BCUT2D eigenvalue weighted by atomic mass is 9.98. The third-order valence-electron chi connectivity index (χ3n) is 7.14. The van der Waals surface area contributed by atoms with Gasteiger partial charge >= 0.3 is 0 Å². The Bertz CT molecular complexity index is 1740. The number of carbonyl (C=O) groups is 1. The van der Waals surface area contributed by atoms with Crippen molar-refractivity contribution in [3.8, 4) is 5.69 Å². The largest absolute Gasteiger partial charge is 0.372 e. The van der Waals surface area contributed by atoms with Crippen molar-refractivity contribution in [2.24, 2.45) is 4.99 Å². The maximum Gasteiger partial charge on any atom is 0.283 e. The standard InChI is InChI=1S/C31H28Cl3N5O2/c1-6-37(7-2)22-13-17(3)26(18(4)14-22)35-27-19(5)25-29(38(31(27)41)21-11-9-8-10-12-21)36-39(30(25)40)28-23(33)15-20(32)16-24(28)34/h8-16,36H,5-7H2,1-4H3. The van der Waals surface area contributed by atoms with Crippen LogP contribution in [-0.4, -0.2) is 34.5 Å². The molecule has 7 nitrogen and oxygen atoms in total. The molecule has 0 saturated heterocycles. The van der Waals surface area contributed by atoms with Gasteiger partial charge in [0.05, 0.1) is 27.0 Å². The number of aromatic nitrogens is 2. The Kier molecular flexibility index (Phi) is 7.88. The van der Waals surface area contributed by atoms with Crippen LogP contribution < -0.4 is 15.4 Å². The smallest absolute Gasteiger partial charge is 0.283 e. The molecule has 1 amide bonds. The van der Waals surface area contributed by atoms with Gasteiger partial charge in [-0.05, 0) is 75.2 Å². The fourth-order valence-corrected chi connectivity index (χ4v) is 6.14. The molecule has 0 saturated carbocycles. The van der Waals surface area contributed by atoms with Gasteiger partial charge in [-0.3, -0.25) is 19.6 Å². The summed E-state index contributed by atoms with van der Waals surface area (Å²) >= 11 is 19.1. The van der Waals surface area contributed by atoms with E-state index in [-0.39, 0.29) is 38.4 Å². The Labute approximate surface area is 253 Å². The van der Waals surface area contributed by atoms with Crippen molar-refractivity contribution in [1.29, 1.82) is 0 Å². The van der Waals surface area contributed by atoms with E-state index in [1.807, 2.05) is 32.0 Å². The van der Waals surface area contributed by atoms with Gasteiger partial charge in [0.25, 0.3) is 11.5 Å². The minimum atomic E-state index is -0.484. The summed E-state index contributed by atoms with van der Waals surface area (Å²) in [7, 11) is 0. The molecular weight excluding hydrogens is 581 g/mol. The summed E-state index contributed by atoms with van der Waals surface area (Å²) in [5, 5.41) is 3.70. The fraction of sp³-hybridized carbons (Fsp3) is 0.194. The zero-order chi connectivity index (χ0) is 29.6. The first kappa shape index (κ1) is 28.7. The van der Waals surface area contributed by atoms with E-state index in [0.717, 1.165) is 29.9 Å². The Hall–Kier alpha value is -3.78. The Morgan fingerprint density at radius 3 is 2.07 bits per heavy atom. The van der Waals surface area contributed by atoms with E-state index in [1.165, 1.54) is 21.7 Å². The van der Waals surface area contributed by atoms with Crippen LogP contribution in [0.2, 0.25) is 15.1 Å². The molecule has 2 heterocycles. The normalized spacial score (nSPS) is 14.1. The number of benzene rings is 3. The second kappa shape index (κ2) is 11.2. The lowest BCUT2D eigenvalue weighted by molar-refractivity contribution is -0.111. The molecule has 0 spiro atoms. The maximum absolute atomic E-state index is 14.2. The zero-order valence-corrected chi connectivity index (χ0v) is 25.3. The number of nitrogens with one attached hydrogen (secondary N) is 1. The summed E-state index contributed by atoms with van der Waals surface area (Å²) in [4.78, 5) is 36.6. The Morgan fingerprint density at radius 1 is 0.927 bits per heavy atom. The number of aryl methyl sites for hydroxylation is 2. The number of nitrogens with zero attached hydrogens (tertiary/aromatic N) is 4. The molecule has 1 aliphatic rings. The number of hydrogen-bond acceptors (Lipinski definition) is 4. The molecule has 0 atom stereocenters. The molecule has 210 valence electrons. The number of halogens is 3. The summed E-state index contributed by atoms with van der Waals surface area (Å²) < 4.78 is 1.21. The van der Waals surface area contributed by atoms with Gasteiger partial charge in [0.1, 0.15) is 17.2 Å². The lowest BCUT2D eigenvalue weighted by Crippen LogP contribution is -2.38. The van der Waals surface area contributed by atoms with Crippen LogP contribution in [0.15, 0.2) is 71.0 Å². The molecule has 10 heteroatoms. The minimum absolute atomic E-state index is 0.0692. The van der Waals surface area contributed by atoms with Gasteiger partial charge < -0.3 is 4.90 Å². The Morgan fingerprint density at radius 2 is 1.51 bits per heavy atom. The van der Waals surface area contributed by atoms with Gasteiger partial charge in [-0.15, -0.1) is 0 Å². The molecule has 0 unspecified atom stereocenters. The SMILES string of the molecule is C=C1C(=Nc2c(C)cc(N(CC)CC)cc2C)C(=O)N(c2ccccc2)c2[nH]n(-c3c(Cl)cc(Cl)cc3Cl)c(=O)c21. The van der Waals surface area contributed by atoms with E-state index in [9.17, 15) is 9.59 Å². The number of anilines is 3. The summed E-state index contributed by atoms with van der Waals surface area (Å²) in [6, 6.07) is 16.1. The van der Waals surface area contributed by atoms with Crippen molar-refractivity contribution >= 4 is 74.9 Å². The van der Waals surface area contributed by atoms with Gasteiger partial charge in [-0.1, -0.05) is 59.6 Å². The maximum atomic E-state index is 14.2. The van der Waals surface area contributed by atoms with Crippen molar-refractivity contribution in [1.82, 2.24) is 9.78 Å². The first-order valence-corrected chi connectivity index (χ1v) is 14.2. The molecule has 0 bridgehead atoms. The molecule has 3 aromatic carbocycles. The van der Waals surface area contributed by atoms with Crippen LogP contribution >= 0.6 is 34.8 Å². The number of rotatable bonds is 6. The van der Waals surface area contributed by atoms with Gasteiger partial charge in [-0.25, -0.2) is 9.67 Å². The lowest BCUT2D eigenvalue weighted by Gasteiger charge is -2.28. The van der Waals surface area contributed by atoms with Crippen molar-refractivity contribution in [3.05, 3.63) is 103 Å². The van der Waals surface area contributed by atoms with E-state index >= 15 is 0 Å². The van der Waals surface area contributed by atoms with E-state index in [2.05, 4.69) is 42.6 Å². The zero-order valence-electron chi connectivity index (χ0n) is 23.1. The van der Waals surface area contributed by atoms with Gasteiger partial charge in [0, 0.05) is 29.4 Å². The van der Waals surface area contributed by atoms with Crippen molar-refractivity contribution < 1.29 is 4.79 Å². The van der Waals surface area contributed by atoms with Gasteiger partial charge in [0.2, 0.25) is 0 Å². The van der Waals surface area contributed by atoms with Crippen LogP contribution in [0.25, 0.3) is 11.3 Å². The van der Waals surface area contributed by atoms with Crippen molar-refractivity contribution in [2.45, 2.75) is 27.7 Å². The first-order valence-electron chi connectivity index (χ1n) is 13.1. The van der Waals surface area contributed by atoms with Crippen molar-refractivity contribution in [3.63, 3.8) is 0 Å². The number of hydrogen-bond donors (Lipinski definition) is 1. The first-order chi connectivity index (χ1) is 19.6. The summed E-state index contributed by atoms with van der Waals surface area (Å²) in [6.07, 6.45) is 0. The number of carbonyl (C=O) groups excluding carboxylic acids is 1. The van der Waals surface area contributed by atoms with Crippen molar-refractivity contribution in [2.75, 3.05) is 22.9 Å². The van der Waals surface area contributed by atoms with E-state index in [0.29, 0.717) is 16.4 Å². The summed E-state index contributed by atoms with van der Waals surface area (Å²) in [5.41, 5.74) is 4.28. The highest BCUT2D eigenvalue weighted by atomic mass is 35.5. The van der Waals surface area contributed by atoms with Crippen LogP contribution in [0.3, 0.4) is 0 Å². The van der Waals surface area contributed by atoms with Crippen LogP contribution in [0.4, 0.5) is 22.9 Å². The fourth-order valence-electron chi connectivity index (χ4n) is 5.15. The van der Waals surface area contributed by atoms with Crippen LogP contribution in [-0.2, 0) is 4.79 Å². The van der Waals surface area contributed by atoms with Crippen LogP contribution in [0.1, 0.15) is 30.5 Å². The molecule has 0 radical (unpaired) electrons. The predicted octanol–water partition coefficient (Wildman–Crippen LogP) is 8.05. The predicted molar refractivity (Wildman–Crippen MR) is 171 cm³/mol. The molecule has 5 rings (SSSR count). The molecule has 4 aromatic rings. The molecule has 1 aliphatic heterocycles. The van der Waals surface area contributed by atoms with E-state index in [1.54, 1.807) is 12.1 Å². The quantitative estimate of drug-likeness (QED) is 0.241. The van der Waals surface area contributed by atoms with Crippen LogP contribution in [0, 0.1) is 13.8 Å². The monoisotopic (exact) mass is 607 g/mol. The average Bonchev–Trinajstić information content (AvgIpc) is 3.25. The number of para-hydroxylation sites is 1. The second-order valence-corrected chi connectivity index (χ2v) is 11.0. The number of aliphatic imine (C=N–C) groups is 1. The molecule has 41 heavy (non-hydrogen) atoms. The highest BCUT2D eigenvalue weighted by Gasteiger charge is 2.38. The van der Waals surface area contributed by atoms with E-state index < -0.39 is 11.5 Å². The second-order valence-electron chi connectivity index (χ2n) is 9.71. The third kappa shape index (κ3) is 4.99. The molecule has 1 N–H and O–H groups in total. The highest BCUT2D eigenvalue weighted by molar-refractivity contribution is 6.62. The summed E-state index contributed by atoms with van der Waals surface area (Å²) in [5.74, 6) is -0.190. The Balaban J connectivity index is 1.74.